The Morgan fingerprint density at radius 1 is 0.187 bits per heavy atom. The van der Waals surface area contributed by atoms with Crippen molar-refractivity contribution in [2.75, 3.05) is 0 Å². The molecular weight excluding hydrogens is 1300 g/mol. The summed E-state index contributed by atoms with van der Waals surface area (Å²) < 4.78 is 23.6. The largest absolute Gasteiger partial charge is 0.352 e. The van der Waals surface area contributed by atoms with Crippen LogP contribution >= 0.6 is 113 Å². The molecule has 0 aliphatic rings. The molecule has 0 radical (unpaired) electrons. The summed E-state index contributed by atoms with van der Waals surface area (Å²) in [5, 5.41) is 2.77. The Kier molecular flexibility index (Phi) is 19.8. The summed E-state index contributed by atoms with van der Waals surface area (Å²) in [6.07, 6.45) is 0. The Bertz CT molecular complexity index is 5080. The molecule has 478 valence electrons. The number of fused-ring (bicyclic) bond motifs is 14. The Morgan fingerprint density at radius 2 is 0.440 bits per heavy atom. The second kappa shape index (κ2) is 26.1. The standard InChI is InChI=1S/C16H21N.C16H12S5.C14H18N2.C14H12S4.C9H15N.C8H12S/c1-8-9(2)11(4)16-14(7)17-13(6)12(5)15(16)10(8)3;1-5-7(3)17-11-9(5)19-15-13(11)21-14-12-10(20-16(14)15)6(2)8(4)18-12;1-7-8(2)10(4)14-13(9(7)3)15-11(5)12(6)16-14;1-5-7(3)15-11-9(5)17-14-12-10(18-13(11)14)6(2)8(4)16-12;1-6-7(2)9(4)10(5)8(6)3;1-5-6(2)8(4)9-7(5)3/h1-7H3;1-4H3;1-6H3;1-4H3;1-5H3;1-4H3. The van der Waals surface area contributed by atoms with Crippen molar-refractivity contribution in [1.82, 2.24) is 19.5 Å². The van der Waals surface area contributed by atoms with E-state index in [1.54, 1.807) is 0 Å². The number of thiophene rings is 10. The Labute approximate surface area is 580 Å². The van der Waals surface area contributed by atoms with Gasteiger partial charge in [0.25, 0.3) is 0 Å². The highest BCUT2D eigenvalue weighted by molar-refractivity contribution is 7.48. The van der Waals surface area contributed by atoms with Gasteiger partial charge in [-0.3, -0.25) is 4.98 Å². The molecule has 0 aliphatic carbocycles. The van der Waals surface area contributed by atoms with E-state index < -0.39 is 0 Å². The zero-order valence-corrected chi connectivity index (χ0v) is 67.5. The van der Waals surface area contributed by atoms with Crippen LogP contribution in [0, 0.1) is 201 Å². The van der Waals surface area contributed by atoms with E-state index in [1.165, 1.54) is 212 Å². The fraction of sp³-hybridized carbons (Fsp3) is 0.390. The monoisotopic (exact) mass is 1390 g/mol. The van der Waals surface area contributed by atoms with E-state index in [4.69, 9.17) is 0 Å². The molecule has 13 aromatic heterocycles. The second-order valence-corrected chi connectivity index (χ2v) is 36.9. The third kappa shape index (κ3) is 11.9. The predicted octanol–water partition coefficient (Wildman–Crippen LogP) is 27.6. The van der Waals surface area contributed by atoms with Gasteiger partial charge in [-0.1, -0.05) is 0 Å². The number of aromatic nitrogens is 4. The average molecular weight is 1390 g/mol. The highest BCUT2D eigenvalue weighted by atomic mass is 32.1. The fourth-order valence-corrected chi connectivity index (χ4v) is 26.6. The van der Waals surface area contributed by atoms with Gasteiger partial charge >= 0.3 is 0 Å². The summed E-state index contributed by atoms with van der Waals surface area (Å²) in [6, 6.07) is 0. The minimum absolute atomic E-state index is 1.03. The maximum Gasteiger partial charge on any atom is 0.0924 e. The number of aryl methyl sites for hydroxylation is 19. The molecule has 0 spiro atoms. The number of benzene rings is 2. The molecule has 0 atom stereocenters. The molecule has 0 aliphatic heterocycles. The van der Waals surface area contributed by atoms with Crippen LogP contribution in [0.2, 0.25) is 0 Å². The molecule has 15 rings (SSSR count). The highest BCUT2D eigenvalue weighted by Gasteiger charge is 2.24. The summed E-state index contributed by atoms with van der Waals surface area (Å²) in [6.45, 7) is 63.4. The number of nitrogens with zero attached hydrogens (tertiary/aromatic N) is 4. The van der Waals surface area contributed by atoms with Crippen LogP contribution in [0.4, 0.5) is 0 Å². The highest BCUT2D eigenvalue weighted by Crippen LogP contribution is 2.55. The normalized spacial score (nSPS) is 11.6. The Balaban J connectivity index is 0.000000123. The molecule has 0 saturated heterocycles. The minimum Gasteiger partial charge on any atom is -0.352 e. The van der Waals surface area contributed by atoms with Crippen LogP contribution in [0.5, 0.6) is 0 Å². The molecule has 4 nitrogen and oxygen atoms in total. The van der Waals surface area contributed by atoms with Crippen molar-refractivity contribution in [3.63, 3.8) is 0 Å². The van der Waals surface area contributed by atoms with Gasteiger partial charge in [-0.2, -0.15) is 0 Å². The average Bonchev–Trinajstić information content (AvgIpc) is 1.58. The van der Waals surface area contributed by atoms with E-state index in [1.807, 2.05) is 127 Å². The predicted molar refractivity (Wildman–Crippen MR) is 425 cm³/mol. The molecule has 0 fully saturated rings. The number of pyridine rings is 1. The van der Waals surface area contributed by atoms with E-state index in [2.05, 4.69) is 214 Å². The van der Waals surface area contributed by atoms with Crippen molar-refractivity contribution in [3.05, 3.63) is 158 Å². The van der Waals surface area contributed by atoms with Gasteiger partial charge in [0.15, 0.2) is 0 Å². The molecular formula is C77H90N4S10. The first-order valence-electron chi connectivity index (χ1n) is 31.3. The smallest absolute Gasteiger partial charge is 0.0924 e. The van der Waals surface area contributed by atoms with E-state index in [-0.39, 0.29) is 0 Å². The molecule has 0 unspecified atom stereocenters. The van der Waals surface area contributed by atoms with Crippen molar-refractivity contribution >= 4 is 201 Å². The van der Waals surface area contributed by atoms with Crippen LogP contribution in [0.15, 0.2) is 0 Å². The van der Waals surface area contributed by atoms with Gasteiger partial charge in [0.1, 0.15) is 0 Å². The SMILES string of the molecule is Cc1c(C)c(C)n(C)c1C.Cc1nc(C)c2c(C)c(C)c(C)c(C)c2c1C.Cc1nc2c(C)c(C)c(C)c(C)c2nc1C.Cc1sc(C)c(C)c1C.Cc1sc2c(sc3c2sc2c4sc(C)c(C)c4sc23)c1C.Cc1sc2c(sc3c4sc(C)c(C)c4sc23)c1C. The molecule has 13 heterocycles. The van der Waals surface area contributed by atoms with Gasteiger partial charge in [-0.15, -0.1) is 113 Å². The zero-order chi connectivity index (χ0) is 66.9. The van der Waals surface area contributed by atoms with E-state index in [0.717, 1.165) is 33.8 Å². The van der Waals surface area contributed by atoms with Crippen LogP contribution in [0.25, 0.3) is 87.6 Å². The lowest BCUT2D eigenvalue weighted by atomic mass is 9.89. The molecule has 0 amide bonds. The van der Waals surface area contributed by atoms with E-state index in [0.29, 0.717) is 0 Å². The van der Waals surface area contributed by atoms with Gasteiger partial charge in [0.05, 0.1) is 88.2 Å². The van der Waals surface area contributed by atoms with Crippen LogP contribution in [-0.2, 0) is 7.05 Å². The summed E-state index contributed by atoms with van der Waals surface area (Å²) >= 11 is 19.8. The summed E-state index contributed by atoms with van der Waals surface area (Å²) in [5.41, 5.74) is 33.1. The molecule has 0 N–H and O–H groups in total. The van der Waals surface area contributed by atoms with Crippen LogP contribution in [0.1, 0.15) is 158 Å². The van der Waals surface area contributed by atoms with Gasteiger partial charge in [0, 0.05) is 64.5 Å². The minimum atomic E-state index is 1.03. The lowest BCUT2D eigenvalue weighted by Crippen LogP contribution is -2.01. The zero-order valence-electron chi connectivity index (χ0n) is 59.4. The lowest BCUT2D eigenvalue weighted by molar-refractivity contribution is 0.838. The molecule has 14 heteroatoms. The van der Waals surface area contributed by atoms with Crippen LogP contribution in [0.3, 0.4) is 0 Å². The third-order valence-corrected chi connectivity index (χ3v) is 34.8. The van der Waals surface area contributed by atoms with Gasteiger partial charge in [0.2, 0.25) is 0 Å². The van der Waals surface area contributed by atoms with Gasteiger partial charge in [-0.25, -0.2) is 9.97 Å². The van der Waals surface area contributed by atoms with Crippen molar-refractivity contribution < 1.29 is 0 Å². The van der Waals surface area contributed by atoms with Crippen molar-refractivity contribution in [2.45, 2.75) is 201 Å². The molecule has 91 heavy (non-hydrogen) atoms. The maximum absolute atomic E-state index is 4.68. The first kappa shape index (κ1) is 69.1. The van der Waals surface area contributed by atoms with E-state index in [9.17, 15) is 0 Å². The topological polar surface area (TPSA) is 43.6 Å². The quantitative estimate of drug-likeness (QED) is 0.152. The van der Waals surface area contributed by atoms with Crippen LogP contribution < -0.4 is 0 Å². The molecule has 0 bridgehead atoms. The number of rotatable bonds is 0. The van der Waals surface area contributed by atoms with Crippen molar-refractivity contribution in [1.29, 1.82) is 0 Å². The van der Waals surface area contributed by atoms with E-state index >= 15 is 0 Å². The van der Waals surface area contributed by atoms with Crippen molar-refractivity contribution in [2.24, 2.45) is 7.05 Å². The lowest BCUT2D eigenvalue weighted by Gasteiger charge is -2.18. The summed E-state index contributed by atoms with van der Waals surface area (Å²) in [4.78, 5) is 22.8. The van der Waals surface area contributed by atoms with Crippen molar-refractivity contribution in [3.8, 4) is 0 Å². The van der Waals surface area contributed by atoms with Crippen LogP contribution in [-0.4, -0.2) is 19.5 Å². The molecule has 2 aromatic carbocycles. The first-order chi connectivity index (χ1) is 42.6. The maximum atomic E-state index is 4.68. The summed E-state index contributed by atoms with van der Waals surface area (Å²) in [5.74, 6) is 0. The third-order valence-electron chi connectivity index (χ3n) is 20.6. The fourth-order valence-electron chi connectivity index (χ4n) is 12.3. The number of hydrogen-bond donors (Lipinski definition) is 0. The first-order valence-corrected chi connectivity index (χ1v) is 39.5. The van der Waals surface area contributed by atoms with Gasteiger partial charge in [-0.05, 0) is 301 Å². The summed E-state index contributed by atoms with van der Waals surface area (Å²) in [7, 11) is 2.12. The van der Waals surface area contributed by atoms with Gasteiger partial charge < -0.3 is 4.57 Å². The molecule has 15 aromatic rings. The number of hydrogen-bond acceptors (Lipinski definition) is 13. The molecule has 0 saturated carbocycles. The Hall–Kier alpha value is -4.71. The second-order valence-electron chi connectivity index (χ2n) is 25.4. The Morgan fingerprint density at radius 3 is 0.703 bits per heavy atom.